The minimum Gasteiger partial charge on any atom is -0.445 e. The fraction of sp³-hybridized carbons (Fsp3) is 0.212. The zero-order valence-electron chi connectivity index (χ0n) is 23.9. The molecule has 41 heavy (non-hydrogen) atoms. The van der Waals surface area contributed by atoms with Gasteiger partial charge in [0.25, 0.3) is 0 Å². The Morgan fingerprint density at radius 3 is 2.05 bits per heavy atom. The first kappa shape index (κ1) is 27.6. The molecule has 0 aliphatic carbocycles. The lowest BCUT2D eigenvalue weighted by Gasteiger charge is -2.43. The number of ether oxygens (including phenoxy) is 1. The predicted molar refractivity (Wildman–Crippen MR) is 165 cm³/mol. The molecule has 0 saturated heterocycles. The number of pyridine rings is 1. The van der Waals surface area contributed by atoms with E-state index in [2.05, 4.69) is 10.3 Å². The third-order valence-corrected chi connectivity index (χ3v) is 6.45. The first-order chi connectivity index (χ1) is 19.8. The zero-order chi connectivity index (χ0) is 28.9. The molecule has 1 aromatic heterocycles. The molecule has 0 radical (unpaired) electrons. The van der Waals surface area contributed by atoms with Gasteiger partial charge in [-0.1, -0.05) is 59.2 Å². The summed E-state index contributed by atoms with van der Waals surface area (Å²) in [6.07, 6.45) is -0.0457. The van der Waals surface area contributed by atoms with Crippen molar-refractivity contribution in [3.05, 3.63) is 120 Å². The van der Waals surface area contributed by atoms with E-state index in [1.165, 1.54) is 5.01 Å². The highest BCUT2D eigenvalue weighted by Crippen LogP contribution is 2.34. The molecule has 2 heterocycles. The highest BCUT2D eigenvalue weighted by atomic mass is 16.6. The number of benzene rings is 3. The number of carbonyl (C=O) groups is 1. The number of hydrogen-bond donors (Lipinski definition) is 1. The van der Waals surface area contributed by atoms with Gasteiger partial charge in [-0.3, -0.25) is 4.98 Å². The molecule has 1 unspecified atom stereocenters. The van der Waals surface area contributed by atoms with Gasteiger partial charge in [0, 0.05) is 11.9 Å². The SMILES string of the molecule is Cc1ccc(N=C2C(Nc3ccc(C)cc3)=NC(c3ccccn3)N(C(=O)OC(C)C)N2c2ccc(C)cc2)cc1. The number of anilines is 2. The van der Waals surface area contributed by atoms with Gasteiger partial charge in [0.2, 0.25) is 0 Å². The molecular weight excluding hydrogens is 512 g/mol. The van der Waals surface area contributed by atoms with E-state index in [0.717, 1.165) is 33.8 Å². The van der Waals surface area contributed by atoms with E-state index in [-0.39, 0.29) is 6.10 Å². The normalized spacial score (nSPS) is 16.1. The highest BCUT2D eigenvalue weighted by Gasteiger charge is 2.42. The second kappa shape index (κ2) is 12.0. The molecule has 1 aliphatic heterocycles. The molecule has 8 nitrogen and oxygen atoms in total. The average molecular weight is 547 g/mol. The average Bonchev–Trinajstić information content (AvgIpc) is 2.96. The summed E-state index contributed by atoms with van der Waals surface area (Å²) in [5.74, 6) is 0.922. The van der Waals surface area contributed by atoms with Gasteiger partial charge in [0.15, 0.2) is 17.8 Å². The van der Waals surface area contributed by atoms with Crippen LogP contribution in [0, 0.1) is 20.8 Å². The lowest BCUT2D eigenvalue weighted by molar-refractivity contribution is 0.0637. The number of nitrogens with zero attached hydrogens (tertiary/aromatic N) is 5. The van der Waals surface area contributed by atoms with Crippen molar-refractivity contribution < 1.29 is 9.53 Å². The van der Waals surface area contributed by atoms with E-state index in [1.807, 2.05) is 126 Å². The molecule has 0 saturated carbocycles. The summed E-state index contributed by atoms with van der Waals surface area (Å²) in [5, 5.41) is 6.73. The zero-order valence-corrected chi connectivity index (χ0v) is 23.9. The van der Waals surface area contributed by atoms with Gasteiger partial charge in [0.1, 0.15) is 0 Å². The molecule has 0 fully saturated rings. The Kier molecular flexibility index (Phi) is 8.10. The minimum atomic E-state index is -0.825. The van der Waals surface area contributed by atoms with Crippen molar-refractivity contribution in [1.29, 1.82) is 0 Å². The van der Waals surface area contributed by atoms with Crippen molar-refractivity contribution >= 4 is 34.8 Å². The molecule has 1 N–H and O–H groups in total. The summed E-state index contributed by atoms with van der Waals surface area (Å²) in [6, 6.07) is 29.4. The molecular formula is C33H34N6O2. The Morgan fingerprint density at radius 1 is 0.854 bits per heavy atom. The molecule has 1 aliphatic rings. The van der Waals surface area contributed by atoms with Crippen molar-refractivity contribution in [3.63, 3.8) is 0 Å². The van der Waals surface area contributed by atoms with E-state index in [4.69, 9.17) is 14.7 Å². The van der Waals surface area contributed by atoms with Gasteiger partial charge in [0.05, 0.1) is 23.2 Å². The second-order valence-corrected chi connectivity index (χ2v) is 10.3. The van der Waals surface area contributed by atoms with Crippen LogP contribution in [-0.2, 0) is 4.74 Å². The molecule has 1 amide bonds. The number of aromatic nitrogens is 1. The fourth-order valence-electron chi connectivity index (χ4n) is 4.34. The van der Waals surface area contributed by atoms with Crippen LogP contribution < -0.4 is 10.3 Å². The number of rotatable bonds is 5. The third-order valence-electron chi connectivity index (χ3n) is 6.45. The summed E-state index contributed by atoms with van der Waals surface area (Å²) in [5.41, 5.74) is 6.22. The quantitative estimate of drug-likeness (QED) is 0.280. The Balaban J connectivity index is 1.77. The lowest BCUT2D eigenvalue weighted by atomic mass is 10.2. The summed E-state index contributed by atoms with van der Waals surface area (Å²) >= 11 is 0. The number of nitrogens with one attached hydrogen (secondary N) is 1. The number of carbonyl (C=O) groups excluding carboxylic acids is 1. The standard InChI is InChI=1S/C33H34N6O2/c1-22(2)41-33(40)39-31(29-8-6-7-21-34-29)37-30(35-26-15-9-23(3)10-16-26)32(36-27-17-11-24(4)12-18-27)38(39)28-19-13-25(5)14-20-28/h6-22,31H,1-5H3,(H,35,37). The van der Waals surface area contributed by atoms with Crippen molar-refractivity contribution in [2.75, 3.05) is 10.3 Å². The molecule has 3 aromatic carbocycles. The number of hydrogen-bond acceptors (Lipinski definition) is 6. The largest absolute Gasteiger partial charge is 0.445 e. The Morgan fingerprint density at radius 2 is 1.46 bits per heavy atom. The van der Waals surface area contributed by atoms with Crippen molar-refractivity contribution in [2.45, 2.75) is 46.9 Å². The maximum atomic E-state index is 13.9. The van der Waals surface area contributed by atoms with Gasteiger partial charge < -0.3 is 10.1 Å². The smallest absolute Gasteiger partial charge is 0.431 e. The number of amides is 1. The van der Waals surface area contributed by atoms with E-state index in [9.17, 15) is 4.79 Å². The van der Waals surface area contributed by atoms with Crippen LogP contribution in [0.2, 0.25) is 0 Å². The van der Waals surface area contributed by atoms with Gasteiger partial charge >= 0.3 is 6.09 Å². The van der Waals surface area contributed by atoms with E-state index in [1.54, 1.807) is 11.2 Å². The molecule has 0 bridgehead atoms. The summed E-state index contributed by atoms with van der Waals surface area (Å²) in [4.78, 5) is 28.6. The van der Waals surface area contributed by atoms with Crippen LogP contribution in [0.5, 0.6) is 0 Å². The van der Waals surface area contributed by atoms with Crippen molar-refractivity contribution in [1.82, 2.24) is 9.99 Å². The molecule has 8 heteroatoms. The van der Waals surface area contributed by atoms with Gasteiger partial charge in [-0.15, -0.1) is 0 Å². The first-order valence-electron chi connectivity index (χ1n) is 13.6. The number of aryl methyl sites for hydroxylation is 3. The first-order valence-corrected chi connectivity index (χ1v) is 13.6. The van der Waals surface area contributed by atoms with E-state index >= 15 is 0 Å². The molecule has 0 spiro atoms. The van der Waals surface area contributed by atoms with Crippen molar-refractivity contribution in [3.8, 4) is 0 Å². The van der Waals surface area contributed by atoms with Crippen LogP contribution in [-0.4, -0.2) is 33.9 Å². The van der Waals surface area contributed by atoms with Gasteiger partial charge in [-0.2, -0.15) is 5.01 Å². The van der Waals surface area contributed by atoms with Crippen LogP contribution in [0.4, 0.5) is 21.9 Å². The number of amidine groups is 2. The van der Waals surface area contributed by atoms with Crippen LogP contribution >= 0.6 is 0 Å². The Bertz CT molecular complexity index is 1550. The maximum Gasteiger partial charge on any atom is 0.431 e. The van der Waals surface area contributed by atoms with E-state index in [0.29, 0.717) is 17.4 Å². The third kappa shape index (κ3) is 6.44. The monoisotopic (exact) mass is 546 g/mol. The second-order valence-electron chi connectivity index (χ2n) is 10.3. The fourth-order valence-corrected chi connectivity index (χ4v) is 4.34. The van der Waals surface area contributed by atoms with Crippen LogP contribution in [0.25, 0.3) is 0 Å². The van der Waals surface area contributed by atoms with Crippen LogP contribution in [0.3, 0.4) is 0 Å². The van der Waals surface area contributed by atoms with E-state index < -0.39 is 12.3 Å². The molecule has 5 rings (SSSR count). The van der Waals surface area contributed by atoms with Crippen LogP contribution in [0.15, 0.2) is 107 Å². The lowest BCUT2D eigenvalue weighted by Crippen LogP contribution is -2.58. The Hall–Kier alpha value is -4.98. The van der Waals surface area contributed by atoms with Gasteiger partial charge in [-0.05, 0) is 83.1 Å². The minimum absolute atomic E-state index is 0.347. The highest BCUT2D eigenvalue weighted by molar-refractivity contribution is 6.50. The van der Waals surface area contributed by atoms with Crippen molar-refractivity contribution in [2.24, 2.45) is 9.98 Å². The maximum absolute atomic E-state index is 13.9. The van der Waals surface area contributed by atoms with Crippen LogP contribution in [0.1, 0.15) is 42.4 Å². The summed E-state index contributed by atoms with van der Waals surface area (Å²) < 4.78 is 5.77. The number of hydrazine groups is 1. The number of aliphatic imine (C=N–C) groups is 2. The summed E-state index contributed by atoms with van der Waals surface area (Å²) in [7, 11) is 0. The topological polar surface area (TPSA) is 82.4 Å². The summed E-state index contributed by atoms with van der Waals surface area (Å²) in [6.45, 7) is 9.74. The van der Waals surface area contributed by atoms with Gasteiger partial charge in [-0.25, -0.2) is 19.8 Å². The Labute approximate surface area is 241 Å². The molecule has 4 aromatic rings. The molecule has 1 atom stereocenters. The predicted octanol–water partition coefficient (Wildman–Crippen LogP) is 7.53. The molecule has 208 valence electrons.